The maximum atomic E-state index is 11.7. The molecule has 0 saturated heterocycles. The van der Waals surface area contributed by atoms with E-state index in [0.29, 0.717) is 5.69 Å². The van der Waals surface area contributed by atoms with Crippen LogP contribution in [-0.2, 0) is 20.8 Å². The summed E-state index contributed by atoms with van der Waals surface area (Å²) in [4.78, 5) is 71.9. The lowest BCUT2D eigenvalue weighted by Crippen LogP contribution is -2.49. The van der Waals surface area contributed by atoms with Gasteiger partial charge in [-0.1, -0.05) is 0 Å². The predicted octanol–water partition coefficient (Wildman–Crippen LogP) is -2.35. The van der Waals surface area contributed by atoms with Crippen LogP contribution in [0.4, 0.5) is 0 Å². The van der Waals surface area contributed by atoms with Gasteiger partial charge in [0.25, 0.3) is 5.56 Å². The first-order valence-corrected chi connectivity index (χ1v) is 8.81. The summed E-state index contributed by atoms with van der Waals surface area (Å²) in [5.74, 6) is -3.09. The number of nitrogens with two attached hydrogens (primary N) is 1. The van der Waals surface area contributed by atoms with E-state index in [4.69, 9.17) is 15.9 Å². The molecule has 9 N–H and O–H groups in total. The Balaban J connectivity index is 0.000000258. The van der Waals surface area contributed by atoms with Crippen molar-refractivity contribution < 1.29 is 24.6 Å². The first-order valence-electron chi connectivity index (χ1n) is 8.81. The number of amides is 1. The van der Waals surface area contributed by atoms with Crippen LogP contribution in [0.5, 0.6) is 0 Å². The van der Waals surface area contributed by atoms with Gasteiger partial charge in [0.2, 0.25) is 5.91 Å². The highest BCUT2D eigenvalue weighted by molar-refractivity contribution is 5.87. The Hall–Kier alpha value is -4.27. The molecule has 166 valence electrons. The number of hydrogen-bond donors (Lipinski definition) is 8. The molecular formula is C16H20N8O7. The highest BCUT2D eigenvalue weighted by Crippen LogP contribution is 2.01. The second-order valence-electron chi connectivity index (χ2n) is 6.25. The number of imidazole rings is 2. The van der Waals surface area contributed by atoms with Gasteiger partial charge in [0, 0.05) is 24.7 Å². The van der Waals surface area contributed by atoms with E-state index in [-0.39, 0.29) is 30.4 Å². The lowest BCUT2D eigenvalue weighted by Gasteiger charge is -2.16. The molecule has 0 saturated carbocycles. The third-order valence-corrected chi connectivity index (χ3v) is 3.92. The Labute approximate surface area is 172 Å². The zero-order valence-corrected chi connectivity index (χ0v) is 15.9. The summed E-state index contributed by atoms with van der Waals surface area (Å²) in [5.41, 5.74) is 5.84. The number of aromatic nitrogens is 6. The number of nitrogens with one attached hydrogen (secondary N) is 5. The molecule has 0 aliphatic carbocycles. The van der Waals surface area contributed by atoms with Crippen molar-refractivity contribution in [1.29, 1.82) is 0 Å². The molecule has 1 amide bonds. The number of carbonyl (C=O) groups excluding carboxylic acids is 1. The third-order valence-electron chi connectivity index (χ3n) is 3.92. The zero-order valence-electron chi connectivity index (χ0n) is 15.9. The van der Waals surface area contributed by atoms with Crippen LogP contribution in [0.2, 0.25) is 0 Å². The monoisotopic (exact) mass is 436 g/mol. The average molecular weight is 436 g/mol. The summed E-state index contributed by atoms with van der Waals surface area (Å²) in [5, 5.41) is 19.6. The molecular weight excluding hydrogens is 416 g/mol. The highest BCUT2D eigenvalue weighted by atomic mass is 16.4. The van der Waals surface area contributed by atoms with Gasteiger partial charge < -0.3 is 31.2 Å². The number of H-pyrrole nitrogens is 4. The zero-order chi connectivity index (χ0) is 23.0. The van der Waals surface area contributed by atoms with Crippen molar-refractivity contribution in [2.75, 3.05) is 0 Å². The van der Waals surface area contributed by atoms with Gasteiger partial charge in [-0.25, -0.2) is 19.6 Å². The predicted molar refractivity (Wildman–Crippen MR) is 104 cm³/mol. The molecule has 0 fully saturated rings. The molecule has 15 heteroatoms. The molecule has 15 nitrogen and oxygen atoms in total. The van der Waals surface area contributed by atoms with Crippen molar-refractivity contribution in [3.05, 3.63) is 45.4 Å². The van der Waals surface area contributed by atoms with Crippen LogP contribution in [0.3, 0.4) is 0 Å². The summed E-state index contributed by atoms with van der Waals surface area (Å²) < 4.78 is 0. The molecule has 2 atom stereocenters. The molecule has 0 aromatic carbocycles. The van der Waals surface area contributed by atoms with Crippen LogP contribution in [0.25, 0.3) is 11.2 Å². The van der Waals surface area contributed by atoms with Crippen LogP contribution in [0.15, 0.2) is 28.4 Å². The van der Waals surface area contributed by atoms with Gasteiger partial charge >= 0.3 is 17.6 Å². The Bertz CT molecular complexity index is 1150. The number of carbonyl (C=O) groups is 3. The Morgan fingerprint density at radius 3 is 2.48 bits per heavy atom. The van der Waals surface area contributed by atoms with Crippen LogP contribution in [0, 0.1) is 0 Å². The maximum absolute atomic E-state index is 11.7. The minimum absolute atomic E-state index is 0.178. The summed E-state index contributed by atoms with van der Waals surface area (Å²) in [7, 11) is 0. The van der Waals surface area contributed by atoms with Crippen LogP contribution >= 0.6 is 0 Å². The molecule has 0 radical (unpaired) electrons. The van der Waals surface area contributed by atoms with Crippen molar-refractivity contribution in [3.63, 3.8) is 0 Å². The smallest absolute Gasteiger partial charge is 0.327 e. The normalized spacial score (nSPS) is 12.4. The molecule has 0 aliphatic heterocycles. The quantitative estimate of drug-likeness (QED) is 0.186. The van der Waals surface area contributed by atoms with Crippen molar-refractivity contribution >= 4 is 29.0 Å². The van der Waals surface area contributed by atoms with Gasteiger partial charge in [0.15, 0.2) is 5.65 Å². The molecule has 3 heterocycles. The van der Waals surface area contributed by atoms with E-state index in [0.717, 1.165) is 0 Å². The molecule has 0 spiro atoms. The van der Waals surface area contributed by atoms with E-state index in [2.05, 4.69) is 35.2 Å². The van der Waals surface area contributed by atoms with Crippen LogP contribution in [0.1, 0.15) is 18.5 Å². The lowest BCUT2D eigenvalue weighted by molar-refractivity contribution is -0.143. The number of carboxylic acids is 2. The number of carboxylic acid groups (broad SMARTS) is 2. The minimum Gasteiger partial charge on any atom is -0.481 e. The Morgan fingerprint density at radius 2 is 1.87 bits per heavy atom. The van der Waals surface area contributed by atoms with E-state index in [1.807, 2.05) is 0 Å². The number of aromatic amines is 4. The van der Waals surface area contributed by atoms with Crippen LogP contribution < -0.4 is 22.3 Å². The van der Waals surface area contributed by atoms with E-state index < -0.39 is 41.2 Å². The standard InChI is InChI=1S/C11H16N4O5.C5H4N4O2/c12-7(3-6-4-13-5-14-6)10(18)15-8(11(19)20)1-2-9(16)17;10-4-2-3(7-1-6-2)8-5(11)9-4/h4-5,7-8H,1-3,12H2,(H,13,14)(H,15,18)(H,16,17)(H,19,20);1H,(H3,6,7,8,9,10,11)/t7-,8-;/m0./s1. The average Bonchev–Trinajstić information content (AvgIpc) is 3.36. The number of rotatable bonds is 8. The van der Waals surface area contributed by atoms with Crippen molar-refractivity contribution in [2.24, 2.45) is 5.73 Å². The van der Waals surface area contributed by atoms with E-state index in [1.165, 1.54) is 18.9 Å². The van der Waals surface area contributed by atoms with E-state index >= 15 is 0 Å². The fourth-order valence-electron chi connectivity index (χ4n) is 2.40. The molecule has 3 aromatic heterocycles. The third kappa shape index (κ3) is 6.93. The summed E-state index contributed by atoms with van der Waals surface area (Å²) in [6.45, 7) is 0. The number of aliphatic carboxylic acids is 2. The first kappa shape index (κ1) is 23.0. The van der Waals surface area contributed by atoms with Crippen molar-refractivity contribution in [2.45, 2.75) is 31.3 Å². The topological polar surface area (TPSA) is 253 Å². The molecule has 3 rings (SSSR count). The van der Waals surface area contributed by atoms with E-state index in [9.17, 15) is 24.0 Å². The molecule has 0 unspecified atom stereocenters. The minimum atomic E-state index is -1.30. The van der Waals surface area contributed by atoms with Gasteiger partial charge in [0.1, 0.15) is 11.6 Å². The molecule has 0 bridgehead atoms. The fourth-order valence-corrected chi connectivity index (χ4v) is 2.40. The molecule has 0 aliphatic rings. The van der Waals surface area contributed by atoms with Gasteiger partial charge in [-0.15, -0.1) is 0 Å². The fraction of sp³-hybridized carbons (Fsp3) is 0.312. The second-order valence-corrected chi connectivity index (χ2v) is 6.25. The van der Waals surface area contributed by atoms with E-state index in [1.54, 1.807) is 0 Å². The SMILES string of the molecule is N[C@@H](Cc1cnc[nH]1)C(=O)N[C@@H](CCC(=O)O)C(=O)O.O=c1[nH]c(=O)c2[nH]cnc2[nH]1. The van der Waals surface area contributed by atoms with Gasteiger partial charge in [-0.2, -0.15) is 0 Å². The van der Waals surface area contributed by atoms with Crippen LogP contribution in [-0.4, -0.2) is 70.0 Å². The Morgan fingerprint density at radius 1 is 1.13 bits per heavy atom. The highest BCUT2D eigenvalue weighted by Gasteiger charge is 2.24. The Kier molecular flexibility index (Phi) is 7.79. The summed E-state index contributed by atoms with van der Waals surface area (Å²) in [6.07, 6.45) is 3.91. The maximum Gasteiger partial charge on any atom is 0.327 e. The second kappa shape index (κ2) is 10.5. The van der Waals surface area contributed by atoms with Gasteiger partial charge in [-0.3, -0.25) is 24.4 Å². The lowest BCUT2D eigenvalue weighted by atomic mass is 10.1. The summed E-state index contributed by atoms with van der Waals surface area (Å²) in [6, 6.07) is -2.21. The van der Waals surface area contributed by atoms with Gasteiger partial charge in [0.05, 0.1) is 18.7 Å². The van der Waals surface area contributed by atoms with Gasteiger partial charge in [-0.05, 0) is 6.42 Å². The first-order chi connectivity index (χ1) is 14.7. The number of hydrogen-bond acceptors (Lipinski definition) is 8. The molecule has 3 aromatic rings. The largest absolute Gasteiger partial charge is 0.481 e. The summed E-state index contributed by atoms with van der Waals surface area (Å²) >= 11 is 0. The van der Waals surface area contributed by atoms with Crippen molar-refractivity contribution in [3.8, 4) is 0 Å². The number of fused-ring (bicyclic) bond motifs is 1. The van der Waals surface area contributed by atoms with Crippen molar-refractivity contribution in [1.82, 2.24) is 35.2 Å². The number of nitrogens with zero attached hydrogens (tertiary/aromatic N) is 2. The molecule has 31 heavy (non-hydrogen) atoms.